The number of rotatable bonds is 7. The monoisotopic (exact) mass is 268 g/mol. The maximum Gasteiger partial charge on any atom is 0.120 e. The molecule has 0 fully saturated rings. The first-order chi connectivity index (χ1) is 8.63. The number of aliphatic hydroxyl groups excluding tert-OH is 1. The molecule has 0 saturated heterocycles. The molecule has 1 aromatic carbocycles. The van der Waals surface area contributed by atoms with Crippen LogP contribution in [0.4, 0.5) is 5.69 Å². The molecule has 0 aliphatic carbocycles. The standard InChI is InChI=1S/C13H20N2O2S/c1-3-15(7-4-8-16)12-9-10(17-2)5-6-11(12)13(14)18/h5-6,9,16H,3-4,7-8H2,1-2H3,(H2,14,18). The number of aliphatic hydroxyl groups is 1. The summed E-state index contributed by atoms with van der Waals surface area (Å²) in [6.07, 6.45) is 0.710. The lowest BCUT2D eigenvalue weighted by Crippen LogP contribution is -2.27. The van der Waals surface area contributed by atoms with Crippen LogP contribution in [-0.4, -0.2) is 36.9 Å². The van der Waals surface area contributed by atoms with Crippen molar-refractivity contribution in [2.75, 3.05) is 31.7 Å². The Morgan fingerprint density at radius 2 is 2.22 bits per heavy atom. The highest BCUT2D eigenvalue weighted by Crippen LogP contribution is 2.26. The number of thiocarbonyl (C=S) groups is 1. The summed E-state index contributed by atoms with van der Waals surface area (Å²) in [4.78, 5) is 2.50. The number of methoxy groups -OCH3 is 1. The highest BCUT2D eigenvalue weighted by atomic mass is 32.1. The molecule has 1 rings (SSSR count). The molecular weight excluding hydrogens is 248 g/mol. The Balaban J connectivity index is 3.11. The number of hydrogen-bond donors (Lipinski definition) is 2. The maximum atomic E-state index is 8.93. The van der Waals surface area contributed by atoms with Crippen LogP contribution >= 0.6 is 12.2 Å². The first-order valence-corrected chi connectivity index (χ1v) is 6.38. The number of nitrogens with two attached hydrogens (primary N) is 1. The zero-order valence-electron chi connectivity index (χ0n) is 10.8. The molecule has 0 bridgehead atoms. The Labute approximate surface area is 113 Å². The van der Waals surface area contributed by atoms with Gasteiger partial charge in [0.2, 0.25) is 0 Å². The Hall–Kier alpha value is -1.33. The third-order valence-electron chi connectivity index (χ3n) is 2.78. The van der Waals surface area contributed by atoms with E-state index in [4.69, 9.17) is 27.8 Å². The van der Waals surface area contributed by atoms with Gasteiger partial charge < -0.3 is 20.5 Å². The van der Waals surface area contributed by atoms with E-state index in [-0.39, 0.29) is 6.61 Å². The zero-order valence-corrected chi connectivity index (χ0v) is 11.7. The average molecular weight is 268 g/mol. The van der Waals surface area contributed by atoms with Crippen LogP contribution in [0.1, 0.15) is 18.9 Å². The topological polar surface area (TPSA) is 58.7 Å². The van der Waals surface area contributed by atoms with E-state index in [0.717, 1.165) is 30.1 Å². The Kier molecular flexibility index (Phi) is 5.88. The minimum atomic E-state index is 0.170. The van der Waals surface area contributed by atoms with Crippen molar-refractivity contribution < 1.29 is 9.84 Å². The summed E-state index contributed by atoms with van der Waals surface area (Å²) in [5, 5.41) is 8.93. The molecule has 5 heteroatoms. The van der Waals surface area contributed by atoms with Gasteiger partial charge in [0.1, 0.15) is 10.7 Å². The second kappa shape index (κ2) is 7.18. The van der Waals surface area contributed by atoms with Crippen LogP contribution in [0.15, 0.2) is 18.2 Å². The van der Waals surface area contributed by atoms with Crippen molar-refractivity contribution in [1.29, 1.82) is 0 Å². The highest BCUT2D eigenvalue weighted by Gasteiger charge is 2.12. The van der Waals surface area contributed by atoms with Gasteiger partial charge in [0.05, 0.1) is 12.8 Å². The van der Waals surface area contributed by atoms with Gasteiger partial charge in [-0.3, -0.25) is 0 Å². The van der Waals surface area contributed by atoms with Gasteiger partial charge in [-0.05, 0) is 25.5 Å². The van der Waals surface area contributed by atoms with E-state index in [9.17, 15) is 0 Å². The summed E-state index contributed by atoms with van der Waals surface area (Å²) in [7, 11) is 1.63. The molecule has 0 radical (unpaired) electrons. The van der Waals surface area contributed by atoms with Crippen LogP contribution in [0.25, 0.3) is 0 Å². The predicted octanol–water partition coefficient (Wildman–Crippen LogP) is 1.54. The average Bonchev–Trinajstić information content (AvgIpc) is 2.39. The molecule has 3 N–H and O–H groups in total. The molecule has 0 spiro atoms. The highest BCUT2D eigenvalue weighted by molar-refractivity contribution is 7.80. The lowest BCUT2D eigenvalue weighted by atomic mass is 10.1. The van der Waals surface area contributed by atoms with Crippen LogP contribution < -0.4 is 15.4 Å². The third-order valence-corrected chi connectivity index (χ3v) is 3.00. The first-order valence-electron chi connectivity index (χ1n) is 5.97. The molecule has 0 atom stereocenters. The van der Waals surface area contributed by atoms with Crippen molar-refractivity contribution in [3.8, 4) is 5.75 Å². The van der Waals surface area contributed by atoms with Gasteiger partial charge in [0.25, 0.3) is 0 Å². The van der Waals surface area contributed by atoms with Crippen molar-refractivity contribution >= 4 is 22.9 Å². The van der Waals surface area contributed by atoms with Crippen molar-refractivity contribution in [3.05, 3.63) is 23.8 Å². The number of nitrogens with zero attached hydrogens (tertiary/aromatic N) is 1. The molecule has 4 nitrogen and oxygen atoms in total. The molecule has 18 heavy (non-hydrogen) atoms. The van der Waals surface area contributed by atoms with Crippen LogP contribution in [0.5, 0.6) is 5.75 Å². The van der Waals surface area contributed by atoms with Gasteiger partial charge in [-0.25, -0.2) is 0 Å². The second-order valence-electron chi connectivity index (χ2n) is 3.90. The summed E-state index contributed by atoms with van der Waals surface area (Å²) in [5.41, 5.74) is 7.54. The zero-order chi connectivity index (χ0) is 13.5. The number of hydrogen-bond acceptors (Lipinski definition) is 4. The predicted molar refractivity (Wildman–Crippen MR) is 78.5 cm³/mol. The molecule has 0 amide bonds. The summed E-state index contributed by atoms with van der Waals surface area (Å²) in [6, 6.07) is 5.64. The molecule has 0 saturated carbocycles. The van der Waals surface area contributed by atoms with E-state index in [1.54, 1.807) is 7.11 Å². The minimum absolute atomic E-state index is 0.170. The summed E-state index contributed by atoms with van der Waals surface area (Å²) >= 11 is 5.07. The van der Waals surface area contributed by atoms with Gasteiger partial charge >= 0.3 is 0 Å². The fourth-order valence-corrected chi connectivity index (χ4v) is 1.99. The minimum Gasteiger partial charge on any atom is -0.497 e. The fraction of sp³-hybridized carbons (Fsp3) is 0.462. The van der Waals surface area contributed by atoms with E-state index in [0.29, 0.717) is 11.4 Å². The molecule has 0 heterocycles. The first kappa shape index (κ1) is 14.7. The molecule has 1 aromatic rings. The van der Waals surface area contributed by atoms with Crippen molar-refractivity contribution in [3.63, 3.8) is 0 Å². The molecular formula is C13H20N2O2S. The van der Waals surface area contributed by atoms with Crippen molar-refractivity contribution in [1.82, 2.24) is 0 Å². The number of anilines is 1. The van der Waals surface area contributed by atoms with Crippen molar-refractivity contribution in [2.45, 2.75) is 13.3 Å². The molecule has 0 aliphatic heterocycles. The van der Waals surface area contributed by atoms with E-state index >= 15 is 0 Å². The smallest absolute Gasteiger partial charge is 0.120 e. The molecule has 100 valence electrons. The van der Waals surface area contributed by atoms with Gasteiger partial charge in [-0.1, -0.05) is 12.2 Å². The number of benzene rings is 1. The second-order valence-corrected chi connectivity index (χ2v) is 4.34. The SMILES string of the molecule is CCN(CCCO)c1cc(OC)ccc1C(N)=S. The van der Waals surface area contributed by atoms with E-state index in [1.165, 1.54) is 0 Å². The summed E-state index contributed by atoms with van der Waals surface area (Å²) in [6.45, 7) is 3.81. The summed E-state index contributed by atoms with van der Waals surface area (Å²) in [5.74, 6) is 0.771. The fourth-order valence-electron chi connectivity index (χ4n) is 1.82. The molecule has 0 aromatic heterocycles. The third kappa shape index (κ3) is 3.58. The quantitative estimate of drug-likeness (QED) is 0.735. The van der Waals surface area contributed by atoms with Crippen LogP contribution in [0.3, 0.4) is 0 Å². The molecule has 0 aliphatic rings. The number of ether oxygens (including phenoxy) is 1. The molecule has 0 unspecified atom stereocenters. The van der Waals surface area contributed by atoms with Crippen LogP contribution in [-0.2, 0) is 0 Å². The largest absolute Gasteiger partial charge is 0.497 e. The lowest BCUT2D eigenvalue weighted by molar-refractivity contribution is 0.289. The van der Waals surface area contributed by atoms with Gasteiger partial charge in [0.15, 0.2) is 0 Å². The maximum absolute atomic E-state index is 8.93. The normalized spacial score (nSPS) is 10.2. The summed E-state index contributed by atoms with van der Waals surface area (Å²) < 4.78 is 5.23. The van der Waals surface area contributed by atoms with E-state index in [2.05, 4.69) is 11.8 Å². The van der Waals surface area contributed by atoms with Crippen LogP contribution in [0.2, 0.25) is 0 Å². The van der Waals surface area contributed by atoms with Crippen molar-refractivity contribution in [2.24, 2.45) is 5.73 Å². The lowest BCUT2D eigenvalue weighted by Gasteiger charge is -2.25. The van der Waals surface area contributed by atoms with E-state index < -0.39 is 0 Å². The van der Waals surface area contributed by atoms with E-state index in [1.807, 2.05) is 18.2 Å². The van der Waals surface area contributed by atoms with Gasteiger partial charge in [0, 0.05) is 31.3 Å². The van der Waals surface area contributed by atoms with Crippen LogP contribution in [0, 0.1) is 0 Å². The van der Waals surface area contributed by atoms with Gasteiger partial charge in [-0.2, -0.15) is 0 Å². The Bertz CT molecular complexity index is 410. The Morgan fingerprint density at radius 3 is 2.72 bits per heavy atom. The Morgan fingerprint density at radius 1 is 1.50 bits per heavy atom. The van der Waals surface area contributed by atoms with Gasteiger partial charge in [-0.15, -0.1) is 0 Å².